The average Bonchev–Trinajstić information content (AvgIpc) is 2.62. The van der Waals surface area contributed by atoms with Gasteiger partial charge in [-0.2, -0.15) is 0 Å². The Morgan fingerprint density at radius 1 is 1.08 bits per heavy atom. The normalized spacial score (nSPS) is 22.3. The van der Waals surface area contributed by atoms with Crippen LogP contribution in [0.1, 0.15) is 44.6 Å². The highest BCUT2D eigenvalue weighted by molar-refractivity contribution is 5.40. The van der Waals surface area contributed by atoms with E-state index in [4.69, 9.17) is 4.98 Å². The minimum absolute atomic E-state index is 0.707. The number of rotatable bonds is 5. The van der Waals surface area contributed by atoms with Crippen LogP contribution in [0.4, 0.5) is 5.82 Å². The first-order valence-electron chi connectivity index (χ1n) is 10.1. The first kappa shape index (κ1) is 18.6. The molecule has 0 aliphatic carbocycles. The minimum atomic E-state index is 0.707. The number of piperazine rings is 1. The lowest BCUT2D eigenvalue weighted by molar-refractivity contribution is 0.0813. The number of hydrogen-bond donors (Lipinski definition) is 0. The summed E-state index contributed by atoms with van der Waals surface area (Å²) in [6, 6.07) is 2.92. The lowest BCUT2D eigenvalue weighted by atomic mass is 9.89. The predicted octanol–water partition coefficient (Wildman–Crippen LogP) is 2.59. The molecule has 1 atom stereocenters. The molecule has 1 unspecified atom stereocenters. The van der Waals surface area contributed by atoms with E-state index in [2.05, 4.69) is 46.6 Å². The molecule has 2 aliphatic rings. The van der Waals surface area contributed by atoms with Crippen molar-refractivity contribution in [3.8, 4) is 0 Å². The summed E-state index contributed by atoms with van der Waals surface area (Å²) in [6.07, 6.45) is 4.74. The molecule has 0 bridgehead atoms. The molecule has 1 aromatic heterocycles. The van der Waals surface area contributed by atoms with E-state index in [1.807, 2.05) is 6.92 Å². The van der Waals surface area contributed by atoms with Gasteiger partial charge in [0.2, 0.25) is 0 Å². The standard InChI is InChI=1S/C20H35N5/c1-5-6-19-15-20(22-17(3)21-19)25-9-7-18(8-10-25)16(2)24-13-11-23(4)12-14-24/h15-16,18H,5-14H2,1-4H3. The highest BCUT2D eigenvalue weighted by atomic mass is 15.3. The molecule has 2 saturated heterocycles. The second kappa shape index (κ2) is 8.45. The van der Waals surface area contributed by atoms with Gasteiger partial charge in [0.05, 0.1) is 0 Å². The van der Waals surface area contributed by atoms with Gasteiger partial charge < -0.3 is 9.80 Å². The third-order valence-corrected chi connectivity index (χ3v) is 6.04. The van der Waals surface area contributed by atoms with E-state index < -0.39 is 0 Å². The van der Waals surface area contributed by atoms with Crippen LogP contribution < -0.4 is 4.90 Å². The third-order valence-electron chi connectivity index (χ3n) is 6.04. The van der Waals surface area contributed by atoms with Crippen LogP contribution in [0.3, 0.4) is 0 Å². The summed E-state index contributed by atoms with van der Waals surface area (Å²) in [4.78, 5) is 16.9. The molecule has 5 heteroatoms. The summed E-state index contributed by atoms with van der Waals surface area (Å²) in [5.41, 5.74) is 1.19. The van der Waals surface area contributed by atoms with Gasteiger partial charge in [-0.05, 0) is 46.1 Å². The van der Waals surface area contributed by atoms with Crippen molar-refractivity contribution >= 4 is 5.82 Å². The van der Waals surface area contributed by atoms with E-state index in [1.54, 1.807) is 0 Å². The maximum absolute atomic E-state index is 4.71. The van der Waals surface area contributed by atoms with Gasteiger partial charge in [0.15, 0.2) is 0 Å². The van der Waals surface area contributed by atoms with Gasteiger partial charge in [0.1, 0.15) is 11.6 Å². The Bertz CT molecular complexity index is 545. The van der Waals surface area contributed by atoms with Crippen molar-refractivity contribution in [1.29, 1.82) is 0 Å². The molecule has 0 amide bonds. The molecule has 3 heterocycles. The largest absolute Gasteiger partial charge is 0.356 e. The Morgan fingerprint density at radius 2 is 1.76 bits per heavy atom. The fourth-order valence-corrected chi connectivity index (χ4v) is 4.30. The summed E-state index contributed by atoms with van der Waals surface area (Å²) in [5, 5.41) is 0. The number of hydrogen-bond acceptors (Lipinski definition) is 5. The summed E-state index contributed by atoms with van der Waals surface area (Å²) in [5.74, 6) is 2.87. The second-order valence-corrected chi connectivity index (χ2v) is 7.92. The summed E-state index contributed by atoms with van der Waals surface area (Å²) >= 11 is 0. The first-order chi connectivity index (χ1) is 12.1. The molecule has 0 spiro atoms. The molecule has 25 heavy (non-hydrogen) atoms. The Kier molecular flexibility index (Phi) is 6.29. The van der Waals surface area contributed by atoms with Crippen molar-refractivity contribution in [2.45, 2.75) is 52.5 Å². The van der Waals surface area contributed by atoms with Crippen LogP contribution in [0.15, 0.2) is 6.07 Å². The molecule has 140 valence electrons. The zero-order chi connectivity index (χ0) is 17.8. The van der Waals surface area contributed by atoms with Crippen molar-refractivity contribution in [2.75, 3.05) is 51.2 Å². The quantitative estimate of drug-likeness (QED) is 0.820. The smallest absolute Gasteiger partial charge is 0.132 e. The van der Waals surface area contributed by atoms with Crippen molar-refractivity contribution < 1.29 is 0 Å². The van der Waals surface area contributed by atoms with Crippen LogP contribution in [0.2, 0.25) is 0 Å². The van der Waals surface area contributed by atoms with E-state index in [1.165, 1.54) is 44.7 Å². The van der Waals surface area contributed by atoms with E-state index in [9.17, 15) is 0 Å². The second-order valence-electron chi connectivity index (χ2n) is 7.92. The number of aromatic nitrogens is 2. The molecular formula is C20H35N5. The molecule has 1 aromatic rings. The molecule has 0 radical (unpaired) electrons. The fraction of sp³-hybridized carbons (Fsp3) is 0.800. The summed E-state index contributed by atoms with van der Waals surface area (Å²) < 4.78 is 0. The van der Waals surface area contributed by atoms with E-state index in [0.717, 1.165) is 43.5 Å². The van der Waals surface area contributed by atoms with Gasteiger partial charge >= 0.3 is 0 Å². The van der Waals surface area contributed by atoms with Gasteiger partial charge in [-0.3, -0.25) is 4.90 Å². The van der Waals surface area contributed by atoms with Crippen LogP contribution in [-0.2, 0) is 6.42 Å². The molecule has 0 saturated carbocycles. The van der Waals surface area contributed by atoms with Gasteiger partial charge in [0, 0.05) is 57.1 Å². The van der Waals surface area contributed by atoms with Gasteiger partial charge in [-0.25, -0.2) is 9.97 Å². The van der Waals surface area contributed by atoms with E-state index in [0.29, 0.717) is 6.04 Å². The van der Waals surface area contributed by atoms with Crippen LogP contribution in [0, 0.1) is 12.8 Å². The van der Waals surface area contributed by atoms with Crippen LogP contribution >= 0.6 is 0 Å². The Hall–Kier alpha value is -1.20. The molecule has 3 rings (SSSR count). The van der Waals surface area contributed by atoms with Gasteiger partial charge in [0.25, 0.3) is 0 Å². The number of piperidine rings is 1. The molecule has 2 fully saturated rings. The van der Waals surface area contributed by atoms with Crippen molar-refractivity contribution in [1.82, 2.24) is 19.8 Å². The molecule has 0 N–H and O–H groups in total. The predicted molar refractivity (Wildman–Crippen MR) is 104 cm³/mol. The van der Waals surface area contributed by atoms with Crippen LogP contribution in [0.5, 0.6) is 0 Å². The highest BCUT2D eigenvalue weighted by Crippen LogP contribution is 2.27. The lowest BCUT2D eigenvalue weighted by Gasteiger charge is -2.43. The Labute approximate surface area is 153 Å². The molecule has 5 nitrogen and oxygen atoms in total. The number of anilines is 1. The number of nitrogens with zero attached hydrogens (tertiary/aromatic N) is 5. The SMILES string of the molecule is CCCc1cc(N2CCC(C(C)N3CCN(C)CC3)CC2)nc(C)n1. The number of likely N-dealkylation sites (N-methyl/N-ethyl adjacent to an activating group) is 1. The minimum Gasteiger partial charge on any atom is -0.356 e. The van der Waals surface area contributed by atoms with E-state index in [-0.39, 0.29) is 0 Å². The zero-order valence-electron chi connectivity index (χ0n) is 16.5. The van der Waals surface area contributed by atoms with Crippen molar-refractivity contribution in [3.63, 3.8) is 0 Å². The van der Waals surface area contributed by atoms with Gasteiger partial charge in [-0.1, -0.05) is 13.3 Å². The molecule has 2 aliphatic heterocycles. The van der Waals surface area contributed by atoms with Crippen molar-refractivity contribution in [2.24, 2.45) is 5.92 Å². The molecule has 0 aromatic carbocycles. The Balaban J connectivity index is 1.56. The lowest BCUT2D eigenvalue weighted by Crippen LogP contribution is -2.51. The van der Waals surface area contributed by atoms with Gasteiger partial charge in [-0.15, -0.1) is 0 Å². The number of aryl methyl sites for hydroxylation is 2. The summed E-state index contributed by atoms with van der Waals surface area (Å²) in [6.45, 7) is 13.8. The average molecular weight is 346 g/mol. The zero-order valence-corrected chi connectivity index (χ0v) is 16.5. The van der Waals surface area contributed by atoms with E-state index >= 15 is 0 Å². The maximum atomic E-state index is 4.71. The monoisotopic (exact) mass is 345 g/mol. The highest BCUT2D eigenvalue weighted by Gasteiger charge is 2.29. The topological polar surface area (TPSA) is 35.5 Å². The maximum Gasteiger partial charge on any atom is 0.132 e. The third kappa shape index (κ3) is 4.70. The fourth-order valence-electron chi connectivity index (χ4n) is 4.30. The van der Waals surface area contributed by atoms with Crippen LogP contribution in [0.25, 0.3) is 0 Å². The molecular weight excluding hydrogens is 310 g/mol. The van der Waals surface area contributed by atoms with Crippen molar-refractivity contribution in [3.05, 3.63) is 17.6 Å². The Morgan fingerprint density at radius 3 is 2.40 bits per heavy atom. The first-order valence-corrected chi connectivity index (χ1v) is 10.1. The summed E-state index contributed by atoms with van der Waals surface area (Å²) in [7, 11) is 2.23. The van der Waals surface area contributed by atoms with Crippen LogP contribution in [-0.4, -0.2) is 72.1 Å².